The SMILES string of the molecule is COC(=O)c1cc(NC(=O)COC(=O)c2ccc3nnc(C)n3c2)cc(C(=O)OC)c1. The number of nitrogens with one attached hydrogen (secondary N) is 1. The first-order chi connectivity index (χ1) is 14.8. The Morgan fingerprint density at radius 3 is 2.16 bits per heavy atom. The first kappa shape index (κ1) is 21.4. The van der Waals surface area contributed by atoms with Gasteiger partial charge in [0.1, 0.15) is 5.82 Å². The standard InChI is InChI=1S/C20H18N4O7/c1-11-22-23-16-5-4-12(9-24(11)16)20(28)31-10-17(25)21-15-7-13(18(26)29-2)6-14(8-15)19(27)30-3/h4-9H,10H2,1-3H3,(H,21,25). The summed E-state index contributed by atoms with van der Waals surface area (Å²) in [5.74, 6) is -2.20. The number of ether oxygens (including phenoxy) is 3. The van der Waals surface area contributed by atoms with Crippen LogP contribution in [0.15, 0.2) is 36.5 Å². The Hall–Kier alpha value is -4.28. The number of methoxy groups -OCH3 is 2. The molecule has 1 N–H and O–H groups in total. The van der Waals surface area contributed by atoms with Gasteiger partial charge in [-0.1, -0.05) is 0 Å². The van der Waals surface area contributed by atoms with Crippen LogP contribution in [0.3, 0.4) is 0 Å². The molecule has 0 aliphatic heterocycles. The van der Waals surface area contributed by atoms with Gasteiger partial charge in [-0.05, 0) is 37.3 Å². The number of aromatic nitrogens is 3. The number of rotatable bonds is 6. The number of hydrogen-bond donors (Lipinski definition) is 1. The number of aryl methyl sites for hydroxylation is 1. The maximum atomic E-state index is 12.3. The molecule has 1 aromatic carbocycles. The van der Waals surface area contributed by atoms with E-state index in [1.165, 1.54) is 44.7 Å². The fourth-order valence-corrected chi connectivity index (χ4v) is 2.71. The summed E-state index contributed by atoms with van der Waals surface area (Å²) in [7, 11) is 2.37. The van der Waals surface area contributed by atoms with E-state index in [0.717, 1.165) is 0 Å². The normalized spacial score (nSPS) is 10.4. The van der Waals surface area contributed by atoms with Crippen LogP contribution in [0.25, 0.3) is 5.65 Å². The molecule has 0 aliphatic carbocycles. The molecule has 0 bridgehead atoms. The minimum Gasteiger partial charge on any atom is -0.465 e. The van der Waals surface area contributed by atoms with Crippen molar-refractivity contribution in [2.75, 3.05) is 26.1 Å². The van der Waals surface area contributed by atoms with Crippen LogP contribution < -0.4 is 5.32 Å². The molecule has 0 saturated carbocycles. The number of esters is 3. The molecule has 0 aliphatic rings. The predicted molar refractivity (Wildman–Crippen MR) is 106 cm³/mol. The highest BCUT2D eigenvalue weighted by Gasteiger charge is 2.16. The van der Waals surface area contributed by atoms with E-state index in [1.54, 1.807) is 17.4 Å². The van der Waals surface area contributed by atoms with Gasteiger partial charge in [-0.2, -0.15) is 0 Å². The Labute approximate surface area is 175 Å². The Kier molecular flexibility index (Phi) is 6.24. The fraction of sp³-hybridized carbons (Fsp3) is 0.200. The lowest BCUT2D eigenvalue weighted by molar-refractivity contribution is -0.119. The van der Waals surface area contributed by atoms with Gasteiger partial charge in [0.15, 0.2) is 12.3 Å². The van der Waals surface area contributed by atoms with Crippen molar-refractivity contribution in [3.63, 3.8) is 0 Å². The summed E-state index contributed by atoms with van der Waals surface area (Å²) >= 11 is 0. The molecule has 1 amide bonds. The molecule has 0 fully saturated rings. The molecule has 11 heteroatoms. The number of anilines is 1. The molecule has 31 heavy (non-hydrogen) atoms. The van der Waals surface area contributed by atoms with E-state index >= 15 is 0 Å². The van der Waals surface area contributed by atoms with Crippen molar-refractivity contribution < 1.29 is 33.4 Å². The highest BCUT2D eigenvalue weighted by molar-refractivity contribution is 6.00. The first-order valence-corrected chi connectivity index (χ1v) is 8.92. The first-order valence-electron chi connectivity index (χ1n) is 8.92. The van der Waals surface area contributed by atoms with Crippen LogP contribution in [0.4, 0.5) is 5.69 Å². The smallest absolute Gasteiger partial charge is 0.340 e. The van der Waals surface area contributed by atoms with Crippen LogP contribution in [0.1, 0.15) is 36.9 Å². The van der Waals surface area contributed by atoms with E-state index < -0.39 is 30.4 Å². The Balaban J connectivity index is 1.69. The summed E-state index contributed by atoms with van der Waals surface area (Å²) in [6.45, 7) is 1.14. The lowest BCUT2D eigenvalue weighted by Crippen LogP contribution is -2.21. The molecular formula is C20H18N4O7. The number of benzene rings is 1. The van der Waals surface area contributed by atoms with Gasteiger partial charge >= 0.3 is 17.9 Å². The molecule has 0 atom stereocenters. The van der Waals surface area contributed by atoms with E-state index in [2.05, 4.69) is 25.0 Å². The lowest BCUT2D eigenvalue weighted by atomic mass is 10.1. The lowest BCUT2D eigenvalue weighted by Gasteiger charge is -2.10. The molecule has 160 valence electrons. The summed E-state index contributed by atoms with van der Waals surface area (Å²) in [6, 6.07) is 7.02. The number of carbonyl (C=O) groups is 4. The fourth-order valence-electron chi connectivity index (χ4n) is 2.71. The molecule has 0 unspecified atom stereocenters. The van der Waals surface area contributed by atoms with E-state index in [9.17, 15) is 19.2 Å². The van der Waals surface area contributed by atoms with Gasteiger partial charge in [0.2, 0.25) is 0 Å². The van der Waals surface area contributed by atoms with Crippen molar-refractivity contribution in [2.45, 2.75) is 6.92 Å². The van der Waals surface area contributed by atoms with Gasteiger partial charge in [-0.3, -0.25) is 9.20 Å². The number of fused-ring (bicyclic) bond motifs is 1. The van der Waals surface area contributed by atoms with Crippen LogP contribution >= 0.6 is 0 Å². The Morgan fingerprint density at radius 2 is 1.55 bits per heavy atom. The number of pyridine rings is 1. The zero-order valence-corrected chi connectivity index (χ0v) is 16.9. The highest BCUT2D eigenvalue weighted by Crippen LogP contribution is 2.17. The summed E-state index contributed by atoms with van der Waals surface area (Å²) < 4.78 is 15.9. The molecule has 3 rings (SSSR count). The number of hydrogen-bond acceptors (Lipinski definition) is 9. The molecular weight excluding hydrogens is 408 g/mol. The third-order valence-corrected chi connectivity index (χ3v) is 4.20. The summed E-state index contributed by atoms with van der Waals surface area (Å²) in [6.07, 6.45) is 1.51. The van der Waals surface area contributed by atoms with Gasteiger partial charge in [0.05, 0.1) is 30.9 Å². The largest absolute Gasteiger partial charge is 0.465 e. The van der Waals surface area contributed by atoms with Crippen molar-refractivity contribution in [1.29, 1.82) is 0 Å². The Bertz CT molecular complexity index is 1150. The zero-order chi connectivity index (χ0) is 22.5. The van der Waals surface area contributed by atoms with Crippen LogP contribution in [-0.4, -0.2) is 59.2 Å². The number of nitrogens with zero attached hydrogens (tertiary/aromatic N) is 3. The summed E-state index contributed by atoms with van der Waals surface area (Å²) in [5, 5.41) is 10.3. The molecule has 3 aromatic rings. The molecule has 2 aromatic heterocycles. The van der Waals surface area contributed by atoms with E-state index in [-0.39, 0.29) is 22.4 Å². The van der Waals surface area contributed by atoms with Crippen LogP contribution in [0, 0.1) is 6.92 Å². The van der Waals surface area contributed by atoms with E-state index in [1.807, 2.05) is 0 Å². The van der Waals surface area contributed by atoms with Crippen molar-refractivity contribution in [1.82, 2.24) is 14.6 Å². The topological polar surface area (TPSA) is 138 Å². The third-order valence-electron chi connectivity index (χ3n) is 4.20. The van der Waals surface area contributed by atoms with Gasteiger partial charge < -0.3 is 19.5 Å². The molecule has 11 nitrogen and oxygen atoms in total. The van der Waals surface area contributed by atoms with Gasteiger partial charge in [-0.15, -0.1) is 10.2 Å². The van der Waals surface area contributed by atoms with Crippen LogP contribution in [0.5, 0.6) is 0 Å². The van der Waals surface area contributed by atoms with Crippen molar-refractivity contribution >= 4 is 35.1 Å². The minimum absolute atomic E-state index is 0.0373. The second kappa shape index (κ2) is 9.03. The quantitative estimate of drug-likeness (QED) is 0.458. The average Bonchev–Trinajstić information content (AvgIpc) is 3.16. The molecule has 0 spiro atoms. The molecule has 2 heterocycles. The van der Waals surface area contributed by atoms with Crippen molar-refractivity contribution in [2.24, 2.45) is 0 Å². The summed E-state index contributed by atoms with van der Waals surface area (Å²) in [4.78, 5) is 48.1. The second-order valence-corrected chi connectivity index (χ2v) is 6.30. The second-order valence-electron chi connectivity index (χ2n) is 6.30. The summed E-state index contributed by atoms with van der Waals surface area (Å²) in [5.41, 5.74) is 0.985. The van der Waals surface area contributed by atoms with Crippen LogP contribution in [0.2, 0.25) is 0 Å². The predicted octanol–water partition coefficient (Wildman–Crippen LogP) is 1.41. The van der Waals surface area contributed by atoms with Crippen molar-refractivity contribution in [3.05, 3.63) is 59.0 Å². The van der Waals surface area contributed by atoms with Gasteiger partial charge in [0, 0.05) is 11.9 Å². The maximum absolute atomic E-state index is 12.3. The minimum atomic E-state index is -0.719. The van der Waals surface area contributed by atoms with Gasteiger partial charge in [0.25, 0.3) is 5.91 Å². The van der Waals surface area contributed by atoms with E-state index in [0.29, 0.717) is 11.5 Å². The molecule has 0 saturated heterocycles. The van der Waals surface area contributed by atoms with Crippen molar-refractivity contribution in [3.8, 4) is 0 Å². The number of carbonyl (C=O) groups excluding carboxylic acids is 4. The monoisotopic (exact) mass is 426 g/mol. The molecule has 0 radical (unpaired) electrons. The maximum Gasteiger partial charge on any atom is 0.340 e. The number of amides is 1. The Morgan fingerprint density at radius 1 is 0.903 bits per heavy atom. The highest BCUT2D eigenvalue weighted by atomic mass is 16.5. The van der Waals surface area contributed by atoms with E-state index in [4.69, 9.17) is 4.74 Å². The zero-order valence-electron chi connectivity index (χ0n) is 16.9. The van der Waals surface area contributed by atoms with Crippen LogP contribution in [-0.2, 0) is 19.0 Å². The average molecular weight is 426 g/mol. The third kappa shape index (κ3) is 4.83. The van der Waals surface area contributed by atoms with Gasteiger partial charge in [-0.25, -0.2) is 14.4 Å².